The zero-order valence-corrected chi connectivity index (χ0v) is 14.6. The van der Waals surface area contributed by atoms with Crippen molar-refractivity contribution in [3.63, 3.8) is 0 Å². The highest BCUT2D eigenvalue weighted by Crippen LogP contribution is 2.24. The van der Waals surface area contributed by atoms with Gasteiger partial charge in [0.15, 0.2) is 0 Å². The molecule has 0 spiro atoms. The van der Waals surface area contributed by atoms with Crippen LogP contribution in [0.4, 0.5) is 0 Å². The summed E-state index contributed by atoms with van der Waals surface area (Å²) >= 11 is 11.5. The third kappa shape index (κ3) is 4.01. The number of aryl methyl sites for hydroxylation is 2. The minimum absolute atomic E-state index is 0.0475. The molecule has 1 aromatic carbocycles. The summed E-state index contributed by atoms with van der Waals surface area (Å²) in [4.78, 5) is 1.21. The van der Waals surface area contributed by atoms with Crippen LogP contribution in [0.3, 0.4) is 0 Å². The Bertz CT molecular complexity index is 600. The van der Waals surface area contributed by atoms with Crippen LogP contribution in [0.15, 0.2) is 33.6 Å². The molecule has 0 saturated heterocycles. The molecule has 0 fully saturated rings. The third-order valence-corrected chi connectivity index (χ3v) is 5.14. The van der Waals surface area contributed by atoms with Crippen molar-refractivity contribution in [2.24, 2.45) is 12.8 Å². The smallest absolute Gasteiger partial charge is 0.0847 e. The van der Waals surface area contributed by atoms with Gasteiger partial charge in [-0.15, -0.1) is 11.8 Å². The van der Waals surface area contributed by atoms with Crippen molar-refractivity contribution in [1.82, 2.24) is 9.78 Å². The Balaban J connectivity index is 1.94. The quantitative estimate of drug-likeness (QED) is 0.809. The fourth-order valence-electron chi connectivity index (χ4n) is 1.97. The summed E-state index contributed by atoms with van der Waals surface area (Å²) in [5, 5.41) is 5.04. The van der Waals surface area contributed by atoms with E-state index >= 15 is 0 Å². The van der Waals surface area contributed by atoms with Gasteiger partial charge in [-0.05, 0) is 25.1 Å². The second-order valence-corrected chi connectivity index (χ2v) is 7.09. The van der Waals surface area contributed by atoms with Crippen LogP contribution in [0.25, 0.3) is 0 Å². The van der Waals surface area contributed by atoms with Gasteiger partial charge in [0.25, 0.3) is 0 Å². The Labute approximate surface area is 137 Å². The SMILES string of the molecule is Cc1nn(C)c(CC(N)CSc2cccc(Br)c2)c1Cl. The van der Waals surface area contributed by atoms with Gasteiger partial charge in [0.2, 0.25) is 0 Å². The summed E-state index contributed by atoms with van der Waals surface area (Å²) in [7, 11) is 1.91. The Morgan fingerprint density at radius 1 is 1.50 bits per heavy atom. The zero-order chi connectivity index (χ0) is 14.7. The molecule has 6 heteroatoms. The summed E-state index contributed by atoms with van der Waals surface area (Å²) in [5.41, 5.74) is 8.07. The zero-order valence-electron chi connectivity index (χ0n) is 11.4. The lowest BCUT2D eigenvalue weighted by Gasteiger charge is -2.12. The van der Waals surface area contributed by atoms with E-state index in [2.05, 4.69) is 33.2 Å². The van der Waals surface area contributed by atoms with Crippen LogP contribution in [-0.2, 0) is 13.5 Å². The summed E-state index contributed by atoms with van der Waals surface area (Å²) in [5.74, 6) is 0.844. The molecule has 0 amide bonds. The van der Waals surface area contributed by atoms with Crippen molar-refractivity contribution >= 4 is 39.3 Å². The van der Waals surface area contributed by atoms with Crippen LogP contribution < -0.4 is 5.73 Å². The van der Waals surface area contributed by atoms with E-state index in [1.54, 1.807) is 11.8 Å². The van der Waals surface area contributed by atoms with Crippen molar-refractivity contribution in [3.8, 4) is 0 Å². The molecule has 1 atom stereocenters. The van der Waals surface area contributed by atoms with Crippen molar-refractivity contribution in [2.45, 2.75) is 24.3 Å². The van der Waals surface area contributed by atoms with Crippen LogP contribution in [0.5, 0.6) is 0 Å². The highest BCUT2D eigenvalue weighted by Gasteiger charge is 2.14. The molecule has 1 heterocycles. The molecule has 0 aliphatic carbocycles. The Morgan fingerprint density at radius 2 is 2.25 bits per heavy atom. The van der Waals surface area contributed by atoms with E-state index in [9.17, 15) is 0 Å². The van der Waals surface area contributed by atoms with Gasteiger partial charge in [0.05, 0.1) is 16.4 Å². The molecule has 2 rings (SSSR count). The third-order valence-electron chi connectivity index (χ3n) is 2.98. The summed E-state index contributed by atoms with van der Waals surface area (Å²) < 4.78 is 2.91. The maximum absolute atomic E-state index is 6.24. The van der Waals surface area contributed by atoms with Crippen molar-refractivity contribution in [1.29, 1.82) is 0 Å². The maximum atomic E-state index is 6.24. The van der Waals surface area contributed by atoms with Crippen LogP contribution in [-0.4, -0.2) is 21.6 Å². The van der Waals surface area contributed by atoms with Crippen LogP contribution in [0.2, 0.25) is 5.02 Å². The number of rotatable bonds is 5. The average molecular weight is 375 g/mol. The standard InChI is InChI=1S/C14H17BrClN3S/c1-9-14(16)13(19(2)18-9)7-11(17)8-20-12-5-3-4-10(15)6-12/h3-6,11H,7-8,17H2,1-2H3. The predicted molar refractivity (Wildman–Crippen MR) is 89.5 cm³/mol. The number of nitrogens with two attached hydrogens (primary N) is 1. The molecule has 0 radical (unpaired) electrons. The largest absolute Gasteiger partial charge is 0.327 e. The van der Waals surface area contributed by atoms with Gasteiger partial charge in [-0.3, -0.25) is 4.68 Å². The molecule has 20 heavy (non-hydrogen) atoms. The van der Waals surface area contributed by atoms with Gasteiger partial charge in [0, 0.05) is 34.6 Å². The first-order chi connectivity index (χ1) is 9.47. The highest BCUT2D eigenvalue weighted by atomic mass is 79.9. The van der Waals surface area contributed by atoms with Gasteiger partial charge in [-0.1, -0.05) is 33.6 Å². The van der Waals surface area contributed by atoms with E-state index in [1.165, 1.54) is 4.90 Å². The molecule has 0 saturated carbocycles. The number of halogens is 2. The molecule has 2 aromatic rings. The van der Waals surface area contributed by atoms with Gasteiger partial charge < -0.3 is 5.73 Å². The fourth-order valence-corrected chi connectivity index (χ4v) is 3.67. The molecule has 108 valence electrons. The topological polar surface area (TPSA) is 43.8 Å². The number of thioether (sulfide) groups is 1. The number of aromatic nitrogens is 2. The van der Waals surface area contributed by atoms with Crippen LogP contribution >= 0.6 is 39.3 Å². The Morgan fingerprint density at radius 3 is 2.85 bits per heavy atom. The number of nitrogens with zero attached hydrogens (tertiary/aromatic N) is 2. The van der Waals surface area contributed by atoms with E-state index in [4.69, 9.17) is 17.3 Å². The number of hydrogen-bond donors (Lipinski definition) is 1. The second kappa shape index (κ2) is 6.98. The normalized spacial score (nSPS) is 12.7. The average Bonchev–Trinajstić information content (AvgIpc) is 2.63. The Hall–Kier alpha value is -0.490. The highest BCUT2D eigenvalue weighted by molar-refractivity contribution is 9.10. The predicted octanol–water partition coefficient (Wildman–Crippen LogP) is 3.81. The fraction of sp³-hybridized carbons (Fsp3) is 0.357. The number of benzene rings is 1. The lowest BCUT2D eigenvalue weighted by atomic mass is 10.2. The molecule has 2 N–H and O–H groups in total. The minimum atomic E-state index is 0.0475. The van der Waals surface area contributed by atoms with Crippen molar-refractivity contribution in [2.75, 3.05) is 5.75 Å². The summed E-state index contributed by atoms with van der Waals surface area (Å²) in [6, 6.07) is 8.27. The maximum Gasteiger partial charge on any atom is 0.0847 e. The van der Waals surface area contributed by atoms with E-state index in [1.807, 2.05) is 30.8 Å². The monoisotopic (exact) mass is 373 g/mol. The molecule has 1 aromatic heterocycles. The van der Waals surface area contributed by atoms with Gasteiger partial charge >= 0.3 is 0 Å². The van der Waals surface area contributed by atoms with E-state index in [-0.39, 0.29) is 6.04 Å². The van der Waals surface area contributed by atoms with Gasteiger partial charge in [-0.25, -0.2) is 0 Å². The lowest BCUT2D eigenvalue weighted by molar-refractivity contribution is 0.653. The number of hydrogen-bond acceptors (Lipinski definition) is 3. The first-order valence-electron chi connectivity index (χ1n) is 6.29. The van der Waals surface area contributed by atoms with E-state index in [0.29, 0.717) is 0 Å². The summed E-state index contributed by atoms with van der Waals surface area (Å²) in [6.45, 7) is 1.91. The second-order valence-electron chi connectivity index (χ2n) is 4.70. The molecular weight excluding hydrogens is 358 g/mol. The van der Waals surface area contributed by atoms with E-state index < -0.39 is 0 Å². The lowest BCUT2D eigenvalue weighted by Crippen LogP contribution is -2.26. The molecular formula is C14H17BrClN3S. The molecule has 3 nitrogen and oxygen atoms in total. The van der Waals surface area contributed by atoms with Crippen LogP contribution in [0, 0.1) is 6.92 Å². The Kier molecular flexibility index (Phi) is 5.55. The van der Waals surface area contributed by atoms with Crippen LogP contribution in [0.1, 0.15) is 11.4 Å². The minimum Gasteiger partial charge on any atom is -0.327 e. The van der Waals surface area contributed by atoms with Gasteiger partial charge in [0.1, 0.15) is 0 Å². The van der Waals surface area contributed by atoms with Crippen molar-refractivity contribution < 1.29 is 0 Å². The van der Waals surface area contributed by atoms with Gasteiger partial charge in [-0.2, -0.15) is 5.10 Å². The summed E-state index contributed by atoms with van der Waals surface area (Å²) in [6.07, 6.45) is 0.733. The first kappa shape index (κ1) is 15.9. The molecule has 0 aliphatic rings. The molecule has 0 aliphatic heterocycles. The van der Waals surface area contributed by atoms with E-state index in [0.717, 1.165) is 33.1 Å². The van der Waals surface area contributed by atoms with Crippen molar-refractivity contribution in [3.05, 3.63) is 45.1 Å². The molecule has 0 bridgehead atoms. The first-order valence-corrected chi connectivity index (χ1v) is 8.45. The molecule has 1 unspecified atom stereocenters.